The fourth-order valence-corrected chi connectivity index (χ4v) is 2.54. The van der Waals surface area contributed by atoms with Gasteiger partial charge in [-0.05, 0) is 36.1 Å². The molecule has 0 heterocycles. The Hall–Kier alpha value is -0.820. The summed E-state index contributed by atoms with van der Waals surface area (Å²) in [5, 5.41) is 0.740. The molecule has 0 amide bonds. The Morgan fingerprint density at radius 3 is 2.77 bits per heavy atom. The molecule has 1 nitrogen and oxygen atoms in total. The predicted octanol–water partition coefficient (Wildman–Crippen LogP) is 2.50. The molecule has 0 aromatic heterocycles. The van der Waals surface area contributed by atoms with Crippen LogP contribution in [0.15, 0.2) is 18.2 Å². The average molecular weight is 193 g/mol. The molecule has 3 rings (SSSR count). The molecule has 0 saturated heterocycles. The average Bonchev–Trinajstić information content (AvgIpc) is 2.80. The zero-order valence-corrected chi connectivity index (χ0v) is 7.90. The Kier molecular flexibility index (Phi) is 1.26. The molecule has 0 aliphatic heterocycles. The second-order valence-corrected chi connectivity index (χ2v) is 4.42. The normalized spacial score (nSPS) is 22.1. The van der Waals surface area contributed by atoms with Crippen LogP contribution in [0.5, 0.6) is 0 Å². The number of halogens is 1. The van der Waals surface area contributed by atoms with Crippen molar-refractivity contribution in [3.05, 3.63) is 34.3 Å². The summed E-state index contributed by atoms with van der Waals surface area (Å²) < 4.78 is 0. The highest BCUT2D eigenvalue weighted by Gasteiger charge is 2.55. The lowest BCUT2D eigenvalue weighted by atomic mass is 9.98. The molecule has 66 valence electrons. The highest BCUT2D eigenvalue weighted by Crippen LogP contribution is 2.54. The first-order valence-electron chi connectivity index (χ1n) is 4.55. The van der Waals surface area contributed by atoms with Crippen molar-refractivity contribution in [2.45, 2.75) is 24.7 Å². The number of ketones is 1. The standard InChI is InChI=1S/C11H9ClO/c12-8-1-2-9-7(5-8)6-10(13)11(9)3-4-11/h1-2,5H,3-4,6H2. The number of fused-ring (bicyclic) bond motifs is 2. The number of carbonyl (C=O) groups excluding carboxylic acids is 1. The van der Waals surface area contributed by atoms with Crippen molar-refractivity contribution in [2.24, 2.45) is 0 Å². The van der Waals surface area contributed by atoms with E-state index in [1.807, 2.05) is 18.2 Å². The van der Waals surface area contributed by atoms with Crippen molar-refractivity contribution < 1.29 is 4.79 Å². The molecule has 1 fully saturated rings. The van der Waals surface area contributed by atoms with E-state index < -0.39 is 0 Å². The summed E-state index contributed by atoms with van der Waals surface area (Å²) in [6, 6.07) is 5.84. The third kappa shape index (κ3) is 0.856. The van der Waals surface area contributed by atoms with Gasteiger partial charge in [0, 0.05) is 11.4 Å². The fraction of sp³-hybridized carbons (Fsp3) is 0.364. The number of hydrogen-bond acceptors (Lipinski definition) is 1. The van der Waals surface area contributed by atoms with E-state index in [9.17, 15) is 4.79 Å². The maximum absolute atomic E-state index is 11.7. The van der Waals surface area contributed by atoms with Gasteiger partial charge in [-0.25, -0.2) is 0 Å². The van der Waals surface area contributed by atoms with Crippen LogP contribution in [0.25, 0.3) is 0 Å². The van der Waals surface area contributed by atoms with Crippen molar-refractivity contribution in [3.8, 4) is 0 Å². The molecular formula is C11H9ClO. The van der Waals surface area contributed by atoms with E-state index in [2.05, 4.69) is 0 Å². The van der Waals surface area contributed by atoms with Crippen LogP contribution >= 0.6 is 11.6 Å². The number of carbonyl (C=O) groups is 1. The summed E-state index contributed by atoms with van der Waals surface area (Å²) >= 11 is 5.87. The number of Topliss-reactive ketones (excluding diaryl/α,β-unsaturated/α-hetero) is 1. The summed E-state index contributed by atoms with van der Waals surface area (Å²) in [5.74, 6) is 0.393. The van der Waals surface area contributed by atoms with Gasteiger partial charge in [0.15, 0.2) is 0 Å². The number of hydrogen-bond donors (Lipinski definition) is 0. The zero-order chi connectivity index (χ0) is 9.05. The predicted molar refractivity (Wildman–Crippen MR) is 51.1 cm³/mol. The Balaban J connectivity index is 2.22. The van der Waals surface area contributed by atoms with E-state index in [0.717, 1.165) is 23.4 Å². The van der Waals surface area contributed by atoms with E-state index in [4.69, 9.17) is 11.6 Å². The molecule has 2 aliphatic carbocycles. The van der Waals surface area contributed by atoms with Gasteiger partial charge >= 0.3 is 0 Å². The Morgan fingerprint density at radius 1 is 1.31 bits per heavy atom. The molecule has 13 heavy (non-hydrogen) atoms. The van der Waals surface area contributed by atoms with Gasteiger partial charge in [-0.15, -0.1) is 0 Å². The first-order chi connectivity index (χ1) is 6.22. The molecule has 0 N–H and O–H groups in total. The first kappa shape index (κ1) is 7.57. The van der Waals surface area contributed by atoms with Gasteiger partial charge in [0.2, 0.25) is 0 Å². The molecule has 0 unspecified atom stereocenters. The highest BCUT2D eigenvalue weighted by molar-refractivity contribution is 6.30. The maximum Gasteiger partial charge on any atom is 0.147 e. The van der Waals surface area contributed by atoms with Crippen LogP contribution in [0.2, 0.25) is 5.02 Å². The fourth-order valence-electron chi connectivity index (χ4n) is 2.34. The van der Waals surface area contributed by atoms with Gasteiger partial charge in [-0.2, -0.15) is 0 Å². The van der Waals surface area contributed by atoms with Gasteiger partial charge in [-0.3, -0.25) is 4.79 Å². The van der Waals surface area contributed by atoms with Gasteiger partial charge in [-0.1, -0.05) is 17.7 Å². The third-order valence-electron chi connectivity index (χ3n) is 3.22. The van der Waals surface area contributed by atoms with Crippen LogP contribution in [0.3, 0.4) is 0 Å². The summed E-state index contributed by atoms with van der Waals surface area (Å²) in [5.41, 5.74) is 2.32. The van der Waals surface area contributed by atoms with Gasteiger partial charge in [0.1, 0.15) is 5.78 Å². The number of rotatable bonds is 0. The molecule has 2 heteroatoms. The van der Waals surface area contributed by atoms with Crippen LogP contribution < -0.4 is 0 Å². The van der Waals surface area contributed by atoms with Crippen molar-refractivity contribution in [1.29, 1.82) is 0 Å². The van der Waals surface area contributed by atoms with Crippen LogP contribution in [0, 0.1) is 0 Å². The first-order valence-corrected chi connectivity index (χ1v) is 4.92. The number of benzene rings is 1. The molecule has 0 radical (unpaired) electrons. The van der Waals surface area contributed by atoms with Gasteiger partial charge < -0.3 is 0 Å². The lowest BCUT2D eigenvalue weighted by Gasteiger charge is -2.05. The van der Waals surface area contributed by atoms with Crippen LogP contribution in [0.1, 0.15) is 24.0 Å². The van der Waals surface area contributed by atoms with Gasteiger partial charge in [0.05, 0.1) is 5.41 Å². The van der Waals surface area contributed by atoms with Crippen molar-refractivity contribution in [1.82, 2.24) is 0 Å². The van der Waals surface area contributed by atoms with E-state index in [-0.39, 0.29) is 5.41 Å². The lowest BCUT2D eigenvalue weighted by Crippen LogP contribution is -2.13. The maximum atomic E-state index is 11.7. The molecule has 2 aliphatic rings. The SMILES string of the molecule is O=C1Cc2cc(Cl)ccc2C12CC2. The quantitative estimate of drug-likeness (QED) is 0.617. The Labute approximate surface area is 81.7 Å². The molecule has 1 spiro atoms. The summed E-state index contributed by atoms with van der Waals surface area (Å²) in [6.45, 7) is 0. The Morgan fingerprint density at radius 2 is 2.08 bits per heavy atom. The van der Waals surface area contributed by atoms with Crippen molar-refractivity contribution >= 4 is 17.4 Å². The zero-order valence-electron chi connectivity index (χ0n) is 7.14. The van der Waals surface area contributed by atoms with E-state index >= 15 is 0 Å². The summed E-state index contributed by atoms with van der Waals surface area (Å²) in [4.78, 5) is 11.7. The Bertz CT molecular complexity index is 405. The summed E-state index contributed by atoms with van der Waals surface area (Å²) in [6.07, 6.45) is 2.68. The van der Waals surface area contributed by atoms with Crippen LogP contribution in [-0.2, 0) is 16.6 Å². The lowest BCUT2D eigenvalue weighted by molar-refractivity contribution is -0.119. The topological polar surface area (TPSA) is 17.1 Å². The minimum absolute atomic E-state index is 0.0695. The van der Waals surface area contributed by atoms with Crippen molar-refractivity contribution in [3.63, 3.8) is 0 Å². The van der Waals surface area contributed by atoms with Gasteiger partial charge in [0.25, 0.3) is 0 Å². The second-order valence-electron chi connectivity index (χ2n) is 3.98. The van der Waals surface area contributed by atoms with Crippen LogP contribution in [0.4, 0.5) is 0 Å². The third-order valence-corrected chi connectivity index (χ3v) is 3.45. The molecule has 0 atom stereocenters. The highest BCUT2D eigenvalue weighted by atomic mass is 35.5. The smallest absolute Gasteiger partial charge is 0.147 e. The molecular weight excluding hydrogens is 184 g/mol. The molecule has 0 bridgehead atoms. The van der Waals surface area contributed by atoms with E-state index in [0.29, 0.717) is 12.2 Å². The molecule has 1 saturated carbocycles. The van der Waals surface area contributed by atoms with E-state index in [1.54, 1.807) is 0 Å². The van der Waals surface area contributed by atoms with Crippen LogP contribution in [-0.4, -0.2) is 5.78 Å². The van der Waals surface area contributed by atoms with Crippen molar-refractivity contribution in [2.75, 3.05) is 0 Å². The largest absolute Gasteiger partial charge is 0.298 e. The van der Waals surface area contributed by atoms with E-state index in [1.165, 1.54) is 5.56 Å². The second kappa shape index (κ2) is 2.16. The minimum Gasteiger partial charge on any atom is -0.298 e. The summed E-state index contributed by atoms with van der Waals surface area (Å²) in [7, 11) is 0. The molecule has 1 aromatic rings. The molecule has 1 aromatic carbocycles. The monoisotopic (exact) mass is 192 g/mol. The minimum atomic E-state index is -0.0695.